The Morgan fingerprint density at radius 2 is 2.24 bits per heavy atom. The van der Waals surface area contributed by atoms with E-state index in [2.05, 4.69) is 28.1 Å². The maximum absolute atomic E-state index is 5.72. The molecule has 1 saturated heterocycles. The molecule has 3 heteroatoms. The fraction of sp³-hybridized carbons (Fsp3) is 0.357. The quantitative estimate of drug-likeness (QED) is 0.853. The second kappa shape index (κ2) is 4.34. The minimum absolute atomic E-state index is 0.640. The molecule has 0 amide bonds. The molecule has 1 aliphatic rings. The van der Waals surface area contributed by atoms with Crippen molar-refractivity contribution in [3.05, 3.63) is 36.5 Å². The molecule has 1 aromatic heterocycles. The number of hydrogen-bond acceptors (Lipinski definition) is 3. The zero-order valence-electron chi connectivity index (χ0n) is 9.84. The minimum Gasteiger partial charge on any atom is -0.370 e. The molecule has 3 nitrogen and oxygen atoms in total. The number of para-hydroxylation sites is 1. The molecule has 1 unspecified atom stereocenters. The molecule has 0 saturated carbocycles. The highest BCUT2D eigenvalue weighted by molar-refractivity contribution is 5.81. The number of nitrogens with two attached hydrogens (primary N) is 1. The number of benzene rings is 1. The molecule has 2 heterocycles. The smallest absolute Gasteiger partial charge is 0.0703 e. The normalized spacial score (nSPS) is 20.1. The van der Waals surface area contributed by atoms with Crippen LogP contribution in [-0.2, 0) is 0 Å². The summed E-state index contributed by atoms with van der Waals surface area (Å²) in [6.45, 7) is 2.95. The van der Waals surface area contributed by atoms with Gasteiger partial charge in [-0.15, -0.1) is 0 Å². The van der Waals surface area contributed by atoms with E-state index in [1.54, 1.807) is 0 Å². The van der Waals surface area contributed by atoms with Crippen molar-refractivity contribution in [2.45, 2.75) is 6.42 Å². The monoisotopic (exact) mass is 227 g/mol. The van der Waals surface area contributed by atoms with E-state index in [0.29, 0.717) is 5.92 Å². The summed E-state index contributed by atoms with van der Waals surface area (Å²) in [5.41, 5.74) is 8.01. The second-order valence-electron chi connectivity index (χ2n) is 4.72. The highest BCUT2D eigenvalue weighted by Crippen LogP contribution is 2.25. The lowest BCUT2D eigenvalue weighted by atomic mass is 10.1. The highest BCUT2D eigenvalue weighted by Gasteiger charge is 2.21. The van der Waals surface area contributed by atoms with Crippen LogP contribution >= 0.6 is 0 Å². The molecule has 1 aliphatic heterocycles. The number of aromatic nitrogens is 1. The van der Waals surface area contributed by atoms with Crippen LogP contribution in [0.5, 0.6) is 0 Å². The maximum Gasteiger partial charge on any atom is 0.0703 e. The lowest BCUT2D eigenvalue weighted by Crippen LogP contribution is -2.22. The molecular formula is C14H17N3. The van der Waals surface area contributed by atoms with Crippen molar-refractivity contribution in [1.82, 2.24) is 4.98 Å². The van der Waals surface area contributed by atoms with E-state index in [1.807, 2.05) is 18.3 Å². The number of anilines is 1. The van der Waals surface area contributed by atoms with Gasteiger partial charge < -0.3 is 10.6 Å². The van der Waals surface area contributed by atoms with Crippen molar-refractivity contribution >= 4 is 16.6 Å². The van der Waals surface area contributed by atoms with E-state index in [4.69, 9.17) is 5.73 Å². The van der Waals surface area contributed by atoms with Crippen molar-refractivity contribution in [2.75, 3.05) is 24.5 Å². The summed E-state index contributed by atoms with van der Waals surface area (Å²) in [6.07, 6.45) is 3.17. The van der Waals surface area contributed by atoms with Gasteiger partial charge in [0.15, 0.2) is 0 Å². The maximum atomic E-state index is 5.72. The molecule has 1 atom stereocenters. The first kappa shape index (κ1) is 10.5. The lowest BCUT2D eigenvalue weighted by Gasteiger charge is -2.18. The summed E-state index contributed by atoms with van der Waals surface area (Å²) in [7, 11) is 0. The summed E-state index contributed by atoms with van der Waals surface area (Å²) in [6, 6.07) is 10.5. The fourth-order valence-electron chi connectivity index (χ4n) is 2.49. The van der Waals surface area contributed by atoms with Gasteiger partial charge in [-0.05, 0) is 31.0 Å². The third kappa shape index (κ3) is 1.98. The molecule has 88 valence electrons. The molecule has 3 rings (SSSR count). The van der Waals surface area contributed by atoms with E-state index >= 15 is 0 Å². The first-order valence-corrected chi connectivity index (χ1v) is 6.16. The van der Waals surface area contributed by atoms with E-state index < -0.39 is 0 Å². The Bertz CT molecular complexity index is 524. The minimum atomic E-state index is 0.640. The molecule has 1 fully saturated rings. The molecular weight excluding hydrogens is 210 g/mol. The Labute approximate surface area is 101 Å². The number of rotatable bonds is 2. The SMILES string of the molecule is NCC1CCN(c2cnc3ccccc3c2)C1. The van der Waals surface area contributed by atoms with Crippen molar-refractivity contribution in [3.8, 4) is 0 Å². The number of hydrogen-bond donors (Lipinski definition) is 1. The fourth-order valence-corrected chi connectivity index (χ4v) is 2.49. The van der Waals surface area contributed by atoms with Crippen LogP contribution in [0.4, 0.5) is 5.69 Å². The number of pyridine rings is 1. The summed E-state index contributed by atoms with van der Waals surface area (Å²) in [4.78, 5) is 6.89. The molecule has 0 radical (unpaired) electrons. The molecule has 0 spiro atoms. The van der Waals surface area contributed by atoms with Crippen LogP contribution in [0.25, 0.3) is 10.9 Å². The molecule has 0 aliphatic carbocycles. The van der Waals surface area contributed by atoms with Crippen molar-refractivity contribution in [1.29, 1.82) is 0 Å². The Balaban J connectivity index is 1.91. The van der Waals surface area contributed by atoms with Gasteiger partial charge >= 0.3 is 0 Å². The molecule has 0 bridgehead atoms. The topological polar surface area (TPSA) is 42.1 Å². The molecule has 2 aromatic rings. The van der Waals surface area contributed by atoms with E-state index in [0.717, 1.165) is 25.2 Å². The molecule has 1 aromatic carbocycles. The zero-order chi connectivity index (χ0) is 11.7. The van der Waals surface area contributed by atoms with Crippen molar-refractivity contribution < 1.29 is 0 Å². The zero-order valence-corrected chi connectivity index (χ0v) is 9.84. The van der Waals surface area contributed by atoms with Crippen LogP contribution in [-0.4, -0.2) is 24.6 Å². The first-order valence-electron chi connectivity index (χ1n) is 6.16. The summed E-state index contributed by atoms with van der Waals surface area (Å²) >= 11 is 0. The predicted octanol–water partition coefficient (Wildman–Crippen LogP) is 2.02. The van der Waals surface area contributed by atoms with Gasteiger partial charge in [0, 0.05) is 18.5 Å². The highest BCUT2D eigenvalue weighted by atomic mass is 15.2. The van der Waals surface area contributed by atoms with Gasteiger partial charge in [0.2, 0.25) is 0 Å². The van der Waals surface area contributed by atoms with Crippen LogP contribution in [0.3, 0.4) is 0 Å². The average molecular weight is 227 g/mol. The summed E-state index contributed by atoms with van der Waals surface area (Å²) in [5, 5.41) is 1.21. The number of nitrogens with zero attached hydrogens (tertiary/aromatic N) is 2. The van der Waals surface area contributed by atoms with E-state index in [-0.39, 0.29) is 0 Å². The van der Waals surface area contributed by atoms with Crippen LogP contribution < -0.4 is 10.6 Å². The van der Waals surface area contributed by atoms with Crippen LogP contribution in [0.1, 0.15) is 6.42 Å². The standard InChI is InChI=1S/C14H17N3/c15-8-11-5-6-17(10-11)13-7-12-3-1-2-4-14(12)16-9-13/h1-4,7,9,11H,5-6,8,10,15H2. The second-order valence-corrected chi connectivity index (χ2v) is 4.72. The predicted molar refractivity (Wildman–Crippen MR) is 71.1 cm³/mol. The Morgan fingerprint density at radius 1 is 1.35 bits per heavy atom. The molecule has 2 N–H and O–H groups in total. The summed E-state index contributed by atoms with van der Waals surface area (Å²) in [5.74, 6) is 0.640. The summed E-state index contributed by atoms with van der Waals surface area (Å²) < 4.78 is 0. The van der Waals surface area contributed by atoms with E-state index in [9.17, 15) is 0 Å². The van der Waals surface area contributed by atoms with Gasteiger partial charge in [0.05, 0.1) is 17.4 Å². The van der Waals surface area contributed by atoms with Crippen LogP contribution in [0.15, 0.2) is 36.5 Å². The average Bonchev–Trinajstić information content (AvgIpc) is 2.87. The third-order valence-corrected chi connectivity index (χ3v) is 3.56. The van der Waals surface area contributed by atoms with Gasteiger partial charge in [-0.3, -0.25) is 4.98 Å². The van der Waals surface area contributed by atoms with Gasteiger partial charge in [0.25, 0.3) is 0 Å². The van der Waals surface area contributed by atoms with E-state index in [1.165, 1.54) is 17.5 Å². The van der Waals surface area contributed by atoms with Crippen molar-refractivity contribution in [3.63, 3.8) is 0 Å². The Hall–Kier alpha value is -1.61. The van der Waals surface area contributed by atoms with Crippen LogP contribution in [0, 0.1) is 5.92 Å². The van der Waals surface area contributed by atoms with Crippen molar-refractivity contribution in [2.24, 2.45) is 11.7 Å². The Kier molecular flexibility index (Phi) is 2.69. The van der Waals surface area contributed by atoms with Gasteiger partial charge in [0.1, 0.15) is 0 Å². The molecule has 17 heavy (non-hydrogen) atoms. The van der Waals surface area contributed by atoms with Gasteiger partial charge in [-0.25, -0.2) is 0 Å². The number of fused-ring (bicyclic) bond motifs is 1. The first-order chi connectivity index (χ1) is 8.36. The van der Waals surface area contributed by atoms with Gasteiger partial charge in [-0.1, -0.05) is 18.2 Å². The largest absolute Gasteiger partial charge is 0.370 e. The Morgan fingerprint density at radius 3 is 3.06 bits per heavy atom. The van der Waals surface area contributed by atoms with Gasteiger partial charge in [-0.2, -0.15) is 0 Å². The third-order valence-electron chi connectivity index (χ3n) is 3.56. The lowest BCUT2D eigenvalue weighted by molar-refractivity contribution is 0.602. The van der Waals surface area contributed by atoms with Crippen LogP contribution in [0.2, 0.25) is 0 Å².